The second-order valence-corrected chi connectivity index (χ2v) is 7.12. The van der Waals surface area contributed by atoms with Crippen LogP contribution in [0, 0.1) is 5.92 Å². The normalized spacial score (nSPS) is 18.1. The molecular weight excluding hydrogens is 260 g/mol. The molecule has 0 aromatic heterocycles. The zero-order valence-electron chi connectivity index (χ0n) is 11.5. The van der Waals surface area contributed by atoms with Crippen molar-refractivity contribution >= 4 is 10.0 Å². The van der Waals surface area contributed by atoms with Gasteiger partial charge >= 0.3 is 0 Å². The minimum absolute atomic E-state index is 0.115. The molecule has 4 nitrogen and oxygen atoms in total. The SMILES string of the molecule is CC(CN)C(C)NS(=O)(=O)c1ccc2c(c1)CCC2. The summed E-state index contributed by atoms with van der Waals surface area (Å²) in [4.78, 5) is 0.365. The van der Waals surface area contributed by atoms with Gasteiger partial charge in [0.05, 0.1) is 4.90 Å². The molecule has 19 heavy (non-hydrogen) atoms. The van der Waals surface area contributed by atoms with E-state index in [2.05, 4.69) is 4.72 Å². The summed E-state index contributed by atoms with van der Waals surface area (Å²) in [6, 6.07) is 5.29. The topological polar surface area (TPSA) is 72.2 Å². The van der Waals surface area contributed by atoms with E-state index in [0.29, 0.717) is 11.4 Å². The summed E-state index contributed by atoms with van der Waals surface area (Å²) in [5.41, 5.74) is 8.02. The van der Waals surface area contributed by atoms with E-state index in [9.17, 15) is 8.42 Å². The monoisotopic (exact) mass is 282 g/mol. The van der Waals surface area contributed by atoms with Gasteiger partial charge in [0.2, 0.25) is 10.0 Å². The van der Waals surface area contributed by atoms with Crippen molar-refractivity contribution in [1.82, 2.24) is 4.72 Å². The Morgan fingerprint density at radius 2 is 1.95 bits per heavy atom. The lowest BCUT2D eigenvalue weighted by atomic mass is 10.1. The van der Waals surface area contributed by atoms with Gasteiger partial charge in [0.25, 0.3) is 0 Å². The fourth-order valence-electron chi connectivity index (χ4n) is 2.35. The first-order valence-corrected chi connectivity index (χ1v) is 8.26. The number of fused-ring (bicyclic) bond motifs is 1. The fourth-order valence-corrected chi connectivity index (χ4v) is 3.75. The smallest absolute Gasteiger partial charge is 0.240 e. The van der Waals surface area contributed by atoms with Crippen molar-refractivity contribution in [2.45, 2.75) is 44.0 Å². The first-order chi connectivity index (χ1) is 8.94. The summed E-state index contributed by atoms with van der Waals surface area (Å²) < 4.78 is 27.3. The molecule has 2 atom stereocenters. The molecule has 0 spiro atoms. The molecule has 5 heteroatoms. The molecule has 1 aliphatic carbocycles. The van der Waals surface area contributed by atoms with Gasteiger partial charge in [-0.15, -0.1) is 0 Å². The second kappa shape index (κ2) is 5.61. The van der Waals surface area contributed by atoms with Crippen LogP contribution < -0.4 is 10.5 Å². The highest BCUT2D eigenvalue weighted by molar-refractivity contribution is 7.89. The third-order valence-electron chi connectivity index (χ3n) is 3.95. The van der Waals surface area contributed by atoms with Crippen LogP contribution >= 0.6 is 0 Å². The van der Waals surface area contributed by atoms with Gasteiger partial charge in [0, 0.05) is 6.04 Å². The van der Waals surface area contributed by atoms with Crippen molar-refractivity contribution in [2.24, 2.45) is 11.7 Å². The lowest BCUT2D eigenvalue weighted by Crippen LogP contribution is -2.39. The van der Waals surface area contributed by atoms with Crippen LogP contribution in [0.15, 0.2) is 23.1 Å². The molecule has 1 aromatic rings. The van der Waals surface area contributed by atoms with Crippen LogP contribution in [0.3, 0.4) is 0 Å². The van der Waals surface area contributed by atoms with Gasteiger partial charge in [-0.3, -0.25) is 0 Å². The lowest BCUT2D eigenvalue weighted by molar-refractivity contribution is 0.453. The summed E-state index contributed by atoms with van der Waals surface area (Å²) in [5.74, 6) is 0.115. The summed E-state index contributed by atoms with van der Waals surface area (Å²) >= 11 is 0. The lowest BCUT2D eigenvalue weighted by Gasteiger charge is -2.19. The van der Waals surface area contributed by atoms with Gasteiger partial charge in [0.15, 0.2) is 0 Å². The number of rotatable bonds is 5. The predicted molar refractivity (Wildman–Crippen MR) is 76.5 cm³/mol. The van der Waals surface area contributed by atoms with E-state index >= 15 is 0 Å². The molecule has 3 N–H and O–H groups in total. The van der Waals surface area contributed by atoms with Crippen molar-refractivity contribution in [3.8, 4) is 0 Å². The highest BCUT2D eigenvalue weighted by atomic mass is 32.2. The predicted octanol–water partition coefficient (Wildman–Crippen LogP) is 1.44. The summed E-state index contributed by atoms with van der Waals surface area (Å²) in [6.07, 6.45) is 3.16. The number of hydrogen-bond donors (Lipinski definition) is 2. The molecule has 0 radical (unpaired) electrons. The van der Waals surface area contributed by atoms with Crippen LogP contribution in [0.5, 0.6) is 0 Å². The van der Waals surface area contributed by atoms with E-state index in [-0.39, 0.29) is 12.0 Å². The summed E-state index contributed by atoms with van der Waals surface area (Å²) in [7, 11) is -3.44. The van der Waals surface area contributed by atoms with E-state index in [0.717, 1.165) is 19.3 Å². The Labute approximate surface area is 115 Å². The third kappa shape index (κ3) is 3.16. The molecule has 0 bridgehead atoms. The molecule has 106 valence electrons. The third-order valence-corrected chi connectivity index (χ3v) is 5.50. The largest absolute Gasteiger partial charge is 0.330 e. The number of hydrogen-bond acceptors (Lipinski definition) is 3. The summed E-state index contributed by atoms with van der Waals surface area (Å²) in [6.45, 7) is 4.26. The minimum atomic E-state index is -3.44. The molecule has 0 saturated carbocycles. The van der Waals surface area contributed by atoms with E-state index in [4.69, 9.17) is 5.73 Å². The number of aryl methyl sites for hydroxylation is 2. The molecule has 0 fully saturated rings. The maximum absolute atomic E-state index is 12.3. The van der Waals surface area contributed by atoms with E-state index < -0.39 is 10.0 Å². The Morgan fingerprint density at radius 1 is 1.26 bits per heavy atom. The molecule has 0 amide bonds. The molecule has 0 heterocycles. The Balaban J connectivity index is 2.20. The van der Waals surface area contributed by atoms with E-state index in [1.807, 2.05) is 26.0 Å². The van der Waals surface area contributed by atoms with Crippen molar-refractivity contribution in [3.05, 3.63) is 29.3 Å². The quantitative estimate of drug-likeness (QED) is 0.858. The molecular formula is C14H22N2O2S. The van der Waals surface area contributed by atoms with Gasteiger partial charge in [0.1, 0.15) is 0 Å². The fraction of sp³-hybridized carbons (Fsp3) is 0.571. The van der Waals surface area contributed by atoms with E-state index in [1.165, 1.54) is 11.1 Å². The van der Waals surface area contributed by atoms with Gasteiger partial charge in [-0.05, 0) is 61.9 Å². The second-order valence-electron chi connectivity index (χ2n) is 5.41. The average Bonchev–Trinajstić information content (AvgIpc) is 2.84. The first kappa shape index (κ1) is 14.5. The van der Waals surface area contributed by atoms with Gasteiger partial charge in [-0.25, -0.2) is 13.1 Å². The number of nitrogens with one attached hydrogen (secondary N) is 1. The standard InChI is InChI=1S/C14H22N2O2S/c1-10(9-15)11(2)16-19(17,18)14-7-6-12-4-3-5-13(12)8-14/h6-8,10-11,16H,3-5,9,15H2,1-2H3. The van der Waals surface area contributed by atoms with Crippen LogP contribution in [0.4, 0.5) is 0 Å². The average molecular weight is 282 g/mol. The Kier molecular flexibility index (Phi) is 4.28. The molecule has 2 rings (SSSR count). The van der Waals surface area contributed by atoms with Crippen LogP contribution in [0.2, 0.25) is 0 Å². The van der Waals surface area contributed by atoms with Gasteiger partial charge in [-0.2, -0.15) is 0 Å². The van der Waals surface area contributed by atoms with Crippen LogP contribution in [0.25, 0.3) is 0 Å². The summed E-state index contributed by atoms with van der Waals surface area (Å²) in [5, 5.41) is 0. The maximum Gasteiger partial charge on any atom is 0.240 e. The number of benzene rings is 1. The molecule has 0 saturated heterocycles. The Bertz CT molecular complexity index is 555. The maximum atomic E-state index is 12.3. The minimum Gasteiger partial charge on any atom is -0.330 e. The highest BCUT2D eigenvalue weighted by Crippen LogP contribution is 2.24. The van der Waals surface area contributed by atoms with Gasteiger partial charge in [-0.1, -0.05) is 13.0 Å². The Morgan fingerprint density at radius 3 is 2.63 bits per heavy atom. The van der Waals surface area contributed by atoms with Crippen LogP contribution in [0.1, 0.15) is 31.4 Å². The highest BCUT2D eigenvalue weighted by Gasteiger charge is 2.22. The van der Waals surface area contributed by atoms with Crippen molar-refractivity contribution in [1.29, 1.82) is 0 Å². The molecule has 1 aromatic carbocycles. The number of sulfonamides is 1. The van der Waals surface area contributed by atoms with Gasteiger partial charge < -0.3 is 5.73 Å². The van der Waals surface area contributed by atoms with Crippen molar-refractivity contribution < 1.29 is 8.42 Å². The first-order valence-electron chi connectivity index (χ1n) is 6.78. The van der Waals surface area contributed by atoms with Crippen LogP contribution in [-0.2, 0) is 22.9 Å². The zero-order chi connectivity index (χ0) is 14.0. The molecule has 1 aliphatic rings. The number of nitrogens with two attached hydrogens (primary N) is 1. The molecule has 2 unspecified atom stereocenters. The van der Waals surface area contributed by atoms with Crippen LogP contribution in [-0.4, -0.2) is 21.0 Å². The molecule has 0 aliphatic heterocycles. The van der Waals surface area contributed by atoms with Crippen molar-refractivity contribution in [3.63, 3.8) is 0 Å². The Hall–Kier alpha value is -0.910. The van der Waals surface area contributed by atoms with Crippen molar-refractivity contribution in [2.75, 3.05) is 6.54 Å². The van der Waals surface area contributed by atoms with E-state index in [1.54, 1.807) is 6.07 Å². The zero-order valence-corrected chi connectivity index (χ0v) is 12.3.